The maximum atomic E-state index is 12.9. The molecule has 1 aromatic heterocycles. The number of halogens is 1. The summed E-state index contributed by atoms with van der Waals surface area (Å²) in [7, 11) is 0. The highest BCUT2D eigenvalue weighted by molar-refractivity contribution is 7.08. The van der Waals surface area contributed by atoms with Crippen molar-refractivity contribution >= 4 is 29.2 Å². The number of carbonyl (C=O) groups is 3. The van der Waals surface area contributed by atoms with Gasteiger partial charge in [-0.2, -0.15) is 11.3 Å². The Labute approximate surface area is 154 Å². The molecule has 8 heteroatoms. The highest BCUT2D eigenvalue weighted by Gasteiger charge is 2.49. The Morgan fingerprint density at radius 2 is 2.00 bits per heavy atom. The molecule has 1 aliphatic heterocycles. The first-order chi connectivity index (χ1) is 12.4. The molecule has 0 spiro atoms. The van der Waals surface area contributed by atoms with E-state index in [4.69, 9.17) is 0 Å². The number of hydrogen-bond donors (Lipinski definition) is 2. The minimum absolute atomic E-state index is 0.315. The summed E-state index contributed by atoms with van der Waals surface area (Å²) in [6, 6.07) is 7.19. The fourth-order valence-electron chi connectivity index (χ4n) is 2.78. The summed E-state index contributed by atoms with van der Waals surface area (Å²) in [6.07, 6.45) is 0.527. The summed E-state index contributed by atoms with van der Waals surface area (Å²) in [4.78, 5) is 37.8. The van der Waals surface area contributed by atoms with Crippen LogP contribution in [0, 0.1) is 5.82 Å². The van der Waals surface area contributed by atoms with Crippen LogP contribution in [0.15, 0.2) is 41.1 Å². The van der Waals surface area contributed by atoms with Crippen molar-refractivity contribution in [3.63, 3.8) is 0 Å². The number of imide groups is 1. The van der Waals surface area contributed by atoms with Gasteiger partial charge in [0, 0.05) is 6.54 Å². The fourth-order valence-corrected chi connectivity index (χ4v) is 3.55. The zero-order chi connectivity index (χ0) is 18.7. The smallest absolute Gasteiger partial charge is 0.325 e. The van der Waals surface area contributed by atoms with Crippen LogP contribution in [0.3, 0.4) is 0 Å². The summed E-state index contributed by atoms with van der Waals surface area (Å²) in [6.45, 7) is 1.62. The predicted octanol–water partition coefficient (Wildman–Crippen LogP) is 2.01. The average Bonchev–Trinajstić information content (AvgIpc) is 3.21. The highest BCUT2D eigenvalue weighted by atomic mass is 32.1. The number of hydrogen-bond acceptors (Lipinski definition) is 4. The first-order valence-electron chi connectivity index (χ1n) is 8.08. The summed E-state index contributed by atoms with van der Waals surface area (Å²) < 4.78 is 12.9. The van der Waals surface area contributed by atoms with Crippen LogP contribution in [0.5, 0.6) is 0 Å². The van der Waals surface area contributed by atoms with Gasteiger partial charge in [-0.15, -0.1) is 0 Å². The van der Waals surface area contributed by atoms with Gasteiger partial charge in [-0.05, 0) is 53.4 Å². The molecule has 1 atom stereocenters. The Hall–Kier alpha value is -2.74. The summed E-state index contributed by atoms with van der Waals surface area (Å²) in [5.41, 5.74) is 0.428. The normalized spacial score (nSPS) is 19.5. The lowest BCUT2D eigenvalue weighted by Gasteiger charge is -2.20. The third-order valence-electron chi connectivity index (χ3n) is 4.32. The lowest BCUT2D eigenvalue weighted by Crippen LogP contribution is -2.43. The Balaban J connectivity index is 1.55. The van der Waals surface area contributed by atoms with E-state index < -0.39 is 23.4 Å². The number of rotatable bonds is 6. The Kier molecular flexibility index (Phi) is 5.03. The van der Waals surface area contributed by atoms with E-state index in [0.29, 0.717) is 18.5 Å². The zero-order valence-electron chi connectivity index (χ0n) is 14.1. The van der Waals surface area contributed by atoms with Crippen LogP contribution < -0.4 is 10.6 Å². The van der Waals surface area contributed by atoms with E-state index in [2.05, 4.69) is 10.6 Å². The molecule has 136 valence electrons. The van der Waals surface area contributed by atoms with Crippen LogP contribution in [0.1, 0.15) is 18.1 Å². The molecular weight excluding hydrogens is 357 g/mol. The van der Waals surface area contributed by atoms with Gasteiger partial charge in [-0.3, -0.25) is 14.5 Å². The van der Waals surface area contributed by atoms with E-state index in [1.54, 1.807) is 30.5 Å². The maximum Gasteiger partial charge on any atom is 0.325 e. The van der Waals surface area contributed by atoms with Gasteiger partial charge in [-0.25, -0.2) is 9.18 Å². The van der Waals surface area contributed by atoms with Gasteiger partial charge >= 0.3 is 6.03 Å². The molecule has 0 unspecified atom stereocenters. The predicted molar refractivity (Wildman–Crippen MR) is 95.0 cm³/mol. The number of nitrogens with one attached hydrogen (secondary N) is 2. The van der Waals surface area contributed by atoms with Crippen LogP contribution >= 0.6 is 11.3 Å². The van der Waals surface area contributed by atoms with Gasteiger partial charge in [-0.1, -0.05) is 12.1 Å². The summed E-state index contributed by atoms with van der Waals surface area (Å²) >= 11 is 1.43. The second kappa shape index (κ2) is 7.25. The number of thiophene rings is 1. The van der Waals surface area contributed by atoms with E-state index in [1.807, 2.05) is 5.38 Å². The van der Waals surface area contributed by atoms with E-state index >= 15 is 0 Å². The minimum Gasteiger partial charge on any atom is -0.354 e. The number of urea groups is 1. The topological polar surface area (TPSA) is 78.5 Å². The monoisotopic (exact) mass is 375 g/mol. The SMILES string of the molecule is C[C@@]1(c2ccsc2)NC(=O)N(CC(=O)NCCc2ccc(F)cc2)C1=O. The van der Waals surface area contributed by atoms with Crippen molar-refractivity contribution in [3.05, 3.63) is 58.0 Å². The molecule has 1 aliphatic rings. The van der Waals surface area contributed by atoms with Gasteiger partial charge in [0.2, 0.25) is 5.91 Å². The summed E-state index contributed by atoms with van der Waals surface area (Å²) in [5, 5.41) is 8.95. The van der Waals surface area contributed by atoms with Crippen LogP contribution in [0.2, 0.25) is 0 Å². The molecule has 1 saturated heterocycles. The van der Waals surface area contributed by atoms with Gasteiger partial charge in [0.15, 0.2) is 0 Å². The number of benzene rings is 1. The quantitative estimate of drug-likeness (QED) is 0.758. The van der Waals surface area contributed by atoms with E-state index in [9.17, 15) is 18.8 Å². The van der Waals surface area contributed by atoms with Crippen LogP contribution in [-0.4, -0.2) is 35.8 Å². The van der Waals surface area contributed by atoms with Gasteiger partial charge in [0.25, 0.3) is 5.91 Å². The Morgan fingerprint density at radius 3 is 2.65 bits per heavy atom. The number of amides is 4. The van der Waals surface area contributed by atoms with Crippen molar-refractivity contribution in [2.45, 2.75) is 18.9 Å². The van der Waals surface area contributed by atoms with E-state index in [-0.39, 0.29) is 12.4 Å². The first-order valence-corrected chi connectivity index (χ1v) is 9.02. The van der Waals surface area contributed by atoms with Crippen molar-refractivity contribution in [1.82, 2.24) is 15.5 Å². The van der Waals surface area contributed by atoms with Crippen molar-refractivity contribution in [1.29, 1.82) is 0 Å². The molecule has 2 aromatic rings. The molecule has 2 heterocycles. The lowest BCUT2D eigenvalue weighted by atomic mass is 9.95. The third kappa shape index (κ3) is 3.60. The van der Waals surface area contributed by atoms with Gasteiger partial charge in [0.1, 0.15) is 17.9 Å². The average molecular weight is 375 g/mol. The molecular formula is C18H18FN3O3S. The molecule has 0 bridgehead atoms. The largest absolute Gasteiger partial charge is 0.354 e. The molecule has 1 aromatic carbocycles. The lowest BCUT2D eigenvalue weighted by molar-refractivity contribution is -0.134. The molecule has 2 N–H and O–H groups in total. The van der Waals surface area contributed by atoms with Crippen molar-refractivity contribution in [3.8, 4) is 0 Å². The molecule has 0 saturated carbocycles. The van der Waals surface area contributed by atoms with Crippen LogP contribution in [0.25, 0.3) is 0 Å². The highest BCUT2D eigenvalue weighted by Crippen LogP contribution is 2.29. The van der Waals surface area contributed by atoms with E-state index in [1.165, 1.54) is 23.5 Å². The molecule has 0 radical (unpaired) electrons. The molecule has 6 nitrogen and oxygen atoms in total. The molecule has 1 fully saturated rings. The number of nitrogens with zero attached hydrogens (tertiary/aromatic N) is 1. The van der Waals surface area contributed by atoms with E-state index in [0.717, 1.165) is 10.5 Å². The zero-order valence-corrected chi connectivity index (χ0v) is 14.9. The minimum atomic E-state index is -1.15. The van der Waals surface area contributed by atoms with Gasteiger partial charge in [0.05, 0.1) is 0 Å². The van der Waals surface area contributed by atoms with Crippen molar-refractivity contribution in [2.24, 2.45) is 0 Å². The van der Waals surface area contributed by atoms with Crippen molar-refractivity contribution < 1.29 is 18.8 Å². The standard InChI is InChI=1S/C18H18FN3O3S/c1-18(13-7-9-26-11-13)16(24)22(17(25)21-18)10-15(23)20-8-6-12-2-4-14(19)5-3-12/h2-5,7,9,11H,6,8,10H2,1H3,(H,20,23)(H,21,25)/t18-/m0/s1. The Bertz CT molecular complexity index is 823. The molecule has 26 heavy (non-hydrogen) atoms. The van der Waals surface area contributed by atoms with Crippen LogP contribution in [0.4, 0.5) is 9.18 Å². The fraction of sp³-hybridized carbons (Fsp3) is 0.278. The van der Waals surface area contributed by atoms with Crippen LogP contribution in [-0.2, 0) is 21.5 Å². The van der Waals surface area contributed by atoms with Gasteiger partial charge < -0.3 is 10.6 Å². The first kappa shape index (κ1) is 18.1. The Morgan fingerprint density at radius 1 is 1.27 bits per heavy atom. The maximum absolute atomic E-state index is 12.9. The van der Waals surface area contributed by atoms with Crippen molar-refractivity contribution in [2.75, 3.05) is 13.1 Å². The summed E-state index contributed by atoms with van der Waals surface area (Å²) in [5.74, 6) is -1.19. The number of carbonyl (C=O) groups excluding carboxylic acids is 3. The second-order valence-corrected chi connectivity index (χ2v) is 6.96. The molecule has 4 amide bonds. The second-order valence-electron chi connectivity index (χ2n) is 6.18. The molecule has 0 aliphatic carbocycles. The third-order valence-corrected chi connectivity index (χ3v) is 5.01. The molecule has 3 rings (SSSR count).